The molecule has 1 fully saturated rings. The molecular weight excluding hydrogens is 165 g/mol. The zero-order chi connectivity index (χ0) is 8.04. The molecule has 0 atom stereocenters. The van der Waals surface area contributed by atoms with Gasteiger partial charge < -0.3 is 10.4 Å². The first-order valence-electron chi connectivity index (χ1n) is 3.91. The van der Waals surface area contributed by atoms with Crippen molar-refractivity contribution in [2.24, 2.45) is 0 Å². The SMILES string of the molecule is C1CCNC1.CC(C)(C)[O-].[K+]. The summed E-state index contributed by atoms with van der Waals surface area (Å²) in [6.07, 6.45) is 2.78. The van der Waals surface area contributed by atoms with Crippen LogP contribution in [0.2, 0.25) is 0 Å². The normalized spacial score (nSPS) is 16.4. The molecule has 1 saturated heterocycles. The van der Waals surface area contributed by atoms with Gasteiger partial charge in [-0.25, -0.2) is 0 Å². The van der Waals surface area contributed by atoms with Gasteiger partial charge in [0.15, 0.2) is 0 Å². The van der Waals surface area contributed by atoms with E-state index in [1.807, 2.05) is 0 Å². The van der Waals surface area contributed by atoms with E-state index in [0.29, 0.717) is 0 Å². The third-order valence-corrected chi connectivity index (χ3v) is 0.957. The number of nitrogens with one attached hydrogen (secondary N) is 1. The van der Waals surface area contributed by atoms with Crippen LogP contribution >= 0.6 is 0 Å². The number of rotatable bonds is 0. The molecule has 0 spiro atoms. The minimum atomic E-state index is -0.750. The molecule has 1 rings (SSSR count). The Hall–Kier alpha value is 1.56. The Morgan fingerprint density at radius 3 is 1.45 bits per heavy atom. The van der Waals surface area contributed by atoms with Crippen LogP contribution in [0.15, 0.2) is 0 Å². The van der Waals surface area contributed by atoms with Crippen LogP contribution in [0.25, 0.3) is 0 Å². The van der Waals surface area contributed by atoms with E-state index in [-0.39, 0.29) is 51.4 Å². The van der Waals surface area contributed by atoms with Crippen molar-refractivity contribution in [2.75, 3.05) is 13.1 Å². The second-order valence-electron chi connectivity index (χ2n) is 3.57. The van der Waals surface area contributed by atoms with Crippen molar-refractivity contribution in [2.45, 2.75) is 39.2 Å². The summed E-state index contributed by atoms with van der Waals surface area (Å²) in [6.45, 7) is 7.40. The minimum absolute atomic E-state index is 0. The van der Waals surface area contributed by atoms with Gasteiger partial charge in [0.25, 0.3) is 0 Å². The molecule has 1 N–H and O–H groups in total. The summed E-state index contributed by atoms with van der Waals surface area (Å²) in [7, 11) is 0. The van der Waals surface area contributed by atoms with Gasteiger partial charge in [-0.3, -0.25) is 0 Å². The minimum Gasteiger partial charge on any atom is -0.850 e. The zero-order valence-electron chi connectivity index (χ0n) is 8.24. The maximum atomic E-state index is 10.1. The smallest absolute Gasteiger partial charge is 0.850 e. The molecule has 0 aromatic rings. The first-order valence-corrected chi connectivity index (χ1v) is 3.91. The van der Waals surface area contributed by atoms with Gasteiger partial charge in [-0.1, -0.05) is 20.8 Å². The molecule has 0 radical (unpaired) electrons. The van der Waals surface area contributed by atoms with E-state index in [0.717, 1.165) is 0 Å². The zero-order valence-corrected chi connectivity index (χ0v) is 11.4. The van der Waals surface area contributed by atoms with Crippen molar-refractivity contribution < 1.29 is 56.5 Å². The first kappa shape index (κ1) is 15.0. The largest absolute Gasteiger partial charge is 1.00 e. The van der Waals surface area contributed by atoms with Gasteiger partial charge in [0.05, 0.1) is 0 Å². The third kappa shape index (κ3) is 24.6. The van der Waals surface area contributed by atoms with E-state index < -0.39 is 5.60 Å². The van der Waals surface area contributed by atoms with Gasteiger partial charge in [0.2, 0.25) is 0 Å². The Labute approximate surface area is 113 Å². The van der Waals surface area contributed by atoms with Crippen molar-refractivity contribution in [3.8, 4) is 0 Å². The molecule has 1 heterocycles. The molecule has 0 aliphatic carbocycles. The van der Waals surface area contributed by atoms with Crippen LogP contribution in [0.3, 0.4) is 0 Å². The van der Waals surface area contributed by atoms with Crippen molar-refractivity contribution in [1.29, 1.82) is 0 Å². The molecule has 0 saturated carbocycles. The van der Waals surface area contributed by atoms with E-state index >= 15 is 0 Å². The monoisotopic (exact) mass is 183 g/mol. The maximum absolute atomic E-state index is 10.1. The molecule has 1 aliphatic rings. The van der Waals surface area contributed by atoms with Crippen LogP contribution < -0.4 is 61.8 Å². The number of hydrogen-bond donors (Lipinski definition) is 1. The topological polar surface area (TPSA) is 35.1 Å². The quantitative estimate of drug-likeness (QED) is 0.422. The van der Waals surface area contributed by atoms with Crippen LogP contribution in [0.1, 0.15) is 33.6 Å². The van der Waals surface area contributed by atoms with E-state index in [4.69, 9.17) is 0 Å². The second-order valence-corrected chi connectivity index (χ2v) is 3.57. The molecule has 3 heteroatoms. The van der Waals surface area contributed by atoms with Gasteiger partial charge >= 0.3 is 51.4 Å². The molecule has 1 aliphatic heterocycles. The van der Waals surface area contributed by atoms with Crippen LogP contribution in [0, 0.1) is 0 Å². The standard InChI is InChI=1S/C4H9N.C4H9O.K/c1-2-4-5-3-1;1-4(2,3)5;/h5H,1-4H2;1-3H3;/q;-1;+1. The molecule has 11 heavy (non-hydrogen) atoms. The fourth-order valence-electron chi connectivity index (χ4n) is 0.625. The molecule has 0 unspecified atom stereocenters. The Morgan fingerprint density at radius 1 is 1.09 bits per heavy atom. The second kappa shape index (κ2) is 8.17. The van der Waals surface area contributed by atoms with E-state index in [1.165, 1.54) is 25.9 Å². The van der Waals surface area contributed by atoms with E-state index in [9.17, 15) is 5.11 Å². The Bertz CT molecular complexity index is 63.0. The van der Waals surface area contributed by atoms with Gasteiger partial charge in [-0.15, -0.1) is 5.60 Å². The maximum Gasteiger partial charge on any atom is 1.00 e. The Balaban J connectivity index is 0. The summed E-state index contributed by atoms with van der Waals surface area (Å²) in [5, 5.41) is 13.3. The molecule has 0 amide bonds. The van der Waals surface area contributed by atoms with Crippen LogP contribution in [-0.4, -0.2) is 18.7 Å². The molecule has 0 aromatic carbocycles. The number of hydrogen-bond acceptors (Lipinski definition) is 2. The van der Waals surface area contributed by atoms with Crippen LogP contribution in [0.5, 0.6) is 0 Å². The predicted octanol–water partition coefficient (Wildman–Crippen LogP) is -2.48. The molecule has 0 bridgehead atoms. The van der Waals surface area contributed by atoms with Crippen molar-refractivity contribution >= 4 is 0 Å². The fraction of sp³-hybridized carbons (Fsp3) is 1.00. The first-order chi connectivity index (χ1) is 4.50. The summed E-state index contributed by atoms with van der Waals surface area (Å²) in [5.74, 6) is 0. The van der Waals surface area contributed by atoms with Gasteiger partial charge in [0, 0.05) is 0 Å². The molecule has 0 aromatic heterocycles. The Kier molecular flexibility index (Phi) is 11.2. The average Bonchev–Trinajstić information content (AvgIpc) is 2.07. The van der Waals surface area contributed by atoms with E-state index in [2.05, 4.69) is 5.32 Å². The van der Waals surface area contributed by atoms with Gasteiger partial charge in [-0.2, -0.15) is 0 Å². The van der Waals surface area contributed by atoms with Crippen molar-refractivity contribution in [1.82, 2.24) is 5.32 Å². The summed E-state index contributed by atoms with van der Waals surface area (Å²) in [4.78, 5) is 0. The van der Waals surface area contributed by atoms with Crippen LogP contribution in [0.4, 0.5) is 0 Å². The molecule has 62 valence electrons. The fourth-order valence-corrected chi connectivity index (χ4v) is 0.625. The summed E-state index contributed by atoms with van der Waals surface area (Å²) < 4.78 is 0. The third-order valence-electron chi connectivity index (χ3n) is 0.957. The van der Waals surface area contributed by atoms with E-state index in [1.54, 1.807) is 20.8 Å². The van der Waals surface area contributed by atoms with Gasteiger partial charge in [-0.05, 0) is 25.9 Å². The Morgan fingerprint density at radius 2 is 1.36 bits per heavy atom. The van der Waals surface area contributed by atoms with Gasteiger partial charge in [0.1, 0.15) is 0 Å². The molecule has 2 nitrogen and oxygen atoms in total. The van der Waals surface area contributed by atoms with Crippen LogP contribution in [-0.2, 0) is 0 Å². The summed E-state index contributed by atoms with van der Waals surface area (Å²) in [6, 6.07) is 0. The summed E-state index contributed by atoms with van der Waals surface area (Å²) in [5.41, 5.74) is -0.750. The molecular formula is C8H18KNO. The van der Waals surface area contributed by atoms with Crippen molar-refractivity contribution in [3.05, 3.63) is 0 Å². The van der Waals surface area contributed by atoms with Crippen molar-refractivity contribution in [3.63, 3.8) is 0 Å². The summed E-state index contributed by atoms with van der Waals surface area (Å²) >= 11 is 0. The average molecular weight is 183 g/mol. The predicted molar refractivity (Wildman–Crippen MR) is 41.9 cm³/mol.